The molecular formula is C38H44F2IN5O2S3. The predicted molar refractivity (Wildman–Crippen MR) is 218 cm³/mol. The van der Waals surface area contributed by atoms with E-state index in [2.05, 4.69) is 51.4 Å². The van der Waals surface area contributed by atoms with Crippen LogP contribution in [-0.4, -0.2) is 51.8 Å². The van der Waals surface area contributed by atoms with Crippen molar-refractivity contribution in [3.05, 3.63) is 88.9 Å². The Morgan fingerprint density at radius 1 is 1.18 bits per heavy atom. The first kappa shape index (κ1) is 39.6. The molecule has 51 heavy (non-hydrogen) atoms. The van der Waals surface area contributed by atoms with Crippen molar-refractivity contribution in [3.8, 4) is 0 Å². The van der Waals surface area contributed by atoms with Crippen molar-refractivity contribution in [1.29, 1.82) is 5.41 Å². The molecule has 1 aliphatic heterocycles. The average Bonchev–Trinajstić information content (AvgIpc) is 3.51. The average molecular weight is 864 g/mol. The number of nitrogens with one attached hydrogen (secondary N) is 2. The van der Waals surface area contributed by atoms with Gasteiger partial charge in [-0.05, 0) is 85.8 Å². The quantitative estimate of drug-likeness (QED) is 0.147. The van der Waals surface area contributed by atoms with Gasteiger partial charge in [-0.1, -0.05) is 50.2 Å². The van der Waals surface area contributed by atoms with Crippen molar-refractivity contribution in [2.45, 2.75) is 81.4 Å². The molecule has 0 amide bonds. The molecule has 0 aliphatic carbocycles. The SMILES string of the molecule is CCOC(=O)CCc1cccc([C@@]2(C)CCCC(C)(C)CSCCc3c(c(F)cc4c3ccn4SI)Sc3ccnc(c3)/C(NC)=N/C2=N)c1F. The zero-order valence-corrected chi connectivity index (χ0v) is 34.2. The zero-order chi connectivity index (χ0) is 36.8. The monoisotopic (exact) mass is 863 g/mol. The third kappa shape index (κ3) is 9.31. The summed E-state index contributed by atoms with van der Waals surface area (Å²) < 4.78 is 39.5. The third-order valence-corrected chi connectivity index (χ3v) is 13.7. The molecule has 2 aromatic carbocycles. The van der Waals surface area contributed by atoms with Crippen LogP contribution < -0.4 is 5.32 Å². The van der Waals surface area contributed by atoms with Crippen LogP contribution >= 0.6 is 53.8 Å². The summed E-state index contributed by atoms with van der Waals surface area (Å²) in [5.41, 5.74) is 2.02. The maximum Gasteiger partial charge on any atom is 0.306 e. The molecule has 0 unspecified atom stereocenters. The van der Waals surface area contributed by atoms with Gasteiger partial charge in [0.15, 0.2) is 5.84 Å². The highest BCUT2D eigenvalue weighted by molar-refractivity contribution is 14.2. The second kappa shape index (κ2) is 17.5. The first-order valence-corrected chi connectivity index (χ1v) is 22.3. The van der Waals surface area contributed by atoms with Crippen molar-refractivity contribution < 1.29 is 18.3 Å². The number of carbonyl (C=O) groups is 1. The number of benzene rings is 2. The molecule has 2 bridgehead atoms. The number of amidine groups is 2. The van der Waals surface area contributed by atoms with E-state index in [4.69, 9.17) is 9.73 Å². The van der Waals surface area contributed by atoms with Gasteiger partial charge in [-0.15, -0.1) is 0 Å². The summed E-state index contributed by atoms with van der Waals surface area (Å²) in [6, 6.07) is 12.6. The van der Waals surface area contributed by atoms with Crippen molar-refractivity contribution in [2.24, 2.45) is 10.4 Å². The highest BCUT2D eigenvalue weighted by Crippen LogP contribution is 2.41. The van der Waals surface area contributed by atoms with Gasteiger partial charge in [-0.3, -0.25) is 19.2 Å². The van der Waals surface area contributed by atoms with Crippen LogP contribution in [0.25, 0.3) is 10.9 Å². The molecule has 0 spiro atoms. The number of fused-ring (bicyclic) bond motifs is 5. The summed E-state index contributed by atoms with van der Waals surface area (Å²) in [6.45, 7) is 8.38. The van der Waals surface area contributed by atoms with E-state index in [1.807, 2.05) is 41.0 Å². The molecule has 4 aromatic rings. The molecule has 5 rings (SSSR count). The number of hydrogen-bond acceptors (Lipinski definition) is 8. The molecule has 0 fully saturated rings. The van der Waals surface area contributed by atoms with E-state index in [1.54, 1.807) is 44.4 Å². The number of aliphatic imine (C=N–C) groups is 1. The third-order valence-electron chi connectivity index (χ3n) is 9.32. The molecule has 272 valence electrons. The summed E-state index contributed by atoms with van der Waals surface area (Å²) in [7, 11) is 3.23. The number of nitrogens with zero attached hydrogens (tertiary/aromatic N) is 3. The fourth-order valence-electron chi connectivity index (χ4n) is 6.46. The van der Waals surface area contributed by atoms with Crippen LogP contribution in [0.15, 0.2) is 69.6 Å². The van der Waals surface area contributed by atoms with Gasteiger partial charge < -0.3 is 10.1 Å². The number of hydrogen-bond donors (Lipinski definition) is 2. The van der Waals surface area contributed by atoms with Gasteiger partial charge in [0.2, 0.25) is 0 Å². The molecule has 1 aliphatic rings. The molecule has 0 saturated heterocycles. The van der Waals surface area contributed by atoms with Crippen molar-refractivity contribution in [3.63, 3.8) is 0 Å². The van der Waals surface area contributed by atoms with Gasteiger partial charge in [0.05, 0.1) is 22.4 Å². The zero-order valence-electron chi connectivity index (χ0n) is 29.6. The number of carbonyl (C=O) groups excluding carboxylic acids is 1. The van der Waals surface area contributed by atoms with E-state index in [1.165, 1.54) is 20.9 Å². The Morgan fingerprint density at radius 3 is 2.73 bits per heavy atom. The van der Waals surface area contributed by atoms with Crippen LogP contribution in [0.1, 0.15) is 75.8 Å². The number of pyridine rings is 1. The minimum absolute atomic E-state index is 0.00197. The molecule has 0 radical (unpaired) electrons. The lowest BCUT2D eigenvalue weighted by Gasteiger charge is -2.32. The van der Waals surface area contributed by atoms with Gasteiger partial charge in [-0.2, -0.15) is 11.8 Å². The van der Waals surface area contributed by atoms with E-state index in [-0.39, 0.29) is 42.5 Å². The summed E-state index contributed by atoms with van der Waals surface area (Å²) >= 11 is 5.45. The normalized spacial score (nSPS) is 19.8. The van der Waals surface area contributed by atoms with Crippen molar-refractivity contribution >= 4 is 82.4 Å². The Kier molecular flexibility index (Phi) is 13.6. The highest BCUT2D eigenvalue weighted by atomic mass is 127. The first-order chi connectivity index (χ1) is 24.4. The number of ether oxygens (including phenoxy) is 1. The van der Waals surface area contributed by atoms with Crippen LogP contribution in [-0.2, 0) is 27.8 Å². The van der Waals surface area contributed by atoms with Crippen molar-refractivity contribution in [1.82, 2.24) is 14.3 Å². The summed E-state index contributed by atoms with van der Waals surface area (Å²) in [5, 5.41) is 13.6. The molecule has 2 N–H and O–H groups in total. The van der Waals surface area contributed by atoms with Crippen LogP contribution in [0, 0.1) is 22.5 Å². The number of aromatic nitrogens is 2. The van der Waals surface area contributed by atoms with Gasteiger partial charge in [-0.25, -0.2) is 13.8 Å². The molecule has 0 saturated carbocycles. The number of esters is 1. The van der Waals surface area contributed by atoms with Gasteiger partial charge in [0.25, 0.3) is 0 Å². The summed E-state index contributed by atoms with van der Waals surface area (Å²) in [4.78, 5) is 22.8. The molecule has 2 aromatic heterocycles. The van der Waals surface area contributed by atoms with Crippen LogP contribution in [0.4, 0.5) is 8.78 Å². The van der Waals surface area contributed by atoms with Gasteiger partial charge in [0.1, 0.15) is 23.2 Å². The standard InChI is InChI=1S/C38H44F2IN5O2S3/c1-6-48-32(47)12-11-24-9-7-10-28(33(24)40)38(4)17-8-16-37(2,3)23-49-20-15-27-26-14-19-46(51-41)31(26)22-29(39)34(27)50-25-13-18-44-30(21-25)35(43-5)45-36(38)42/h7,9-10,13-14,18-19,21-22H,6,8,11-12,15-17,20,23H2,1-5H3,(H2,42,43,45)/t38-/m1/s1. The van der Waals surface area contributed by atoms with Crippen LogP contribution in [0.2, 0.25) is 0 Å². The lowest BCUT2D eigenvalue weighted by molar-refractivity contribution is -0.143. The topological polar surface area (TPSA) is 92.4 Å². The van der Waals surface area contributed by atoms with E-state index in [0.717, 1.165) is 52.1 Å². The summed E-state index contributed by atoms with van der Waals surface area (Å²) in [5.74, 6) is 1.03. The highest BCUT2D eigenvalue weighted by Gasteiger charge is 2.36. The molecule has 7 nitrogen and oxygen atoms in total. The molecule has 3 heterocycles. The van der Waals surface area contributed by atoms with Crippen LogP contribution in [0.3, 0.4) is 0 Å². The van der Waals surface area contributed by atoms with E-state index in [0.29, 0.717) is 34.0 Å². The molecule has 1 atom stereocenters. The first-order valence-electron chi connectivity index (χ1n) is 17.0. The Morgan fingerprint density at radius 2 is 1.98 bits per heavy atom. The Hall–Kier alpha value is -2.62. The Labute approximate surface area is 324 Å². The van der Waals surface area contributed by atoms with Crippen molar-refractivity contribution in [2.75, 3.05) is 25.2 Å². The lowest BCUT2D eigenvalue weighted by Crippen LogP contribution is -2.35. The summed E-state index contributed by atoms with van der Waals surface area (Å²) in [6.07, 6.45) is 6.74. The largest absolute Gasteiger partial charge is 0.466 e. The Bertz CT molecular complexity index is 1930. The Balaban J connectivity index is 1.58. The number of thioether (sulfide) groups is 1. The van der Waals surface area contributed by atoms with Crippen LogP contribution in [0.5, 0.6) is 0 Å². The minimum atomic E-state index is -1.08. The van der Waals surface area contributed by atoms with E-state index < -0.39 is 11.2 Å². The number of aryl methyl sites for hydroxylation is 2. The van der Waals surface area contributed by atoms with E-state index >= 15 is 8.78 Å². The van der Waals surface area contributed by atoms with Gasteiger partial charge >= 0.3 is 5.97 Å². The maximum absolute atomic E-state index is 16.4. The predicted octanol–water partition coefficient (Wildman–Crippen LogP) is 10.2. The fourth-order valence-corrected chi connectivity index (χ4v) is 10.0. The molecule has 13 heteroatoms. The second-order valence-corrected chi connectivity index (χ2v) is 17.5. The minimum Gasteiger partial charge on any atom is -0.466 e. The number of rotatable bonds is 6. The molecular weight excluding hydrogens is 820 g/mol. The lowest BCUT2D eigenvalue weighted by atomic mass is 9.74. The number of halogens is 3. The second-order valence-electron chi connectivity index (χ2n) is 13.6. The fraction of sp³-hybridized carbons (Fsp3) is 0.421. The smallest absolute Gasteiger partial charge is 0.306 e. The van der Waals surface area contributed by atoms with Gasteiger partial charge in [0, 0.05) is 78.1 Å². The maximum atomic E-state index is 16.4. The van der Waals surface area contributed by atoms with E-state index in [9.17, 15) is 10.2 Å².